The molecule has 2 aliphatic rings. The van der Waals surface area contributed by atoms with Gasteiger partial charge in [0, 0.05) is 6.04 Å². The average molecular weight is 269 g/mol. The van der Waals surface area contributed by atoms with Gasteiger partial charge >= 0.3 is 5.97 Å². The van der Waals surface area contributed by atoms with Gasteiger partial charge in [0.1, 0.15) is 5.54 Å². The highest BCUT2D eigenvalue weighted by molar-refractivity contribution is 5.80. The summed E-state index contributed by atoms with van der Waals surface area (Å²) in [6.45, 7) is 4.32. The highest BCUT2D eigenvalue weighted by atomic mass is 16.5. The summed E-state index contributed by atoms with van der Waals surface area (Å²) < 4.78 is 5.97. The molecule has 0 saturated heterocycles. The van der Waals surface area contributed by atoms with Gasteiger partial charge in [0.2, 0.25) is 0 Å². The van der Waals surface area contributed by atoms with E-state index in [0.29, 0.717) is 6.61 Å². The van der Waals surface area contributed by atoms with Crippen molar-refractivity contribution in [2.45, 2.75) is 76.5 Å². The maximum Gasteiger partial charge on any atom is 0.326 e. The van der Waals surface area contributed by atoms with Crippen LogP contribution in [0.2, 0.25) is 0 Å². The maximum atomic E-state index is 11.8. The van der Waals surface area contributed by atoms with E-state index in [9.17, 15) is 9.90 Å². The first kappa shape index (κ1) is 14.8. The molecule has 0 aromatic carbocycles. The zero-order valence-corrected chi connectivity index (χ0v) is 12.2. The minimum Gasteiger partial charge on any atom is -0.480 e. The van der Waals surface area contributed by atoms with E-state index >= 15 is 0 Å². The SMILES string of the molecule is CC(C)NC(COC1CCCCC1)(C(=O)O)C1CC1. The molecule has 0 aromatic heterocycles. The molecule has 2 N–H and O–H groups in total. The van der Waals surface area contributed by atoms with Gasteiger partial charge in [0.15, 0.2) is 0 Å². The number of hydrogen-bond donors (Lipinski definition) is 2. The van der Waals surface area contributed by atoms with Crippen molar-refractivity contribution in [3.05, 3.63) is 0 Å². The molecule has 0 aromatic rings. The second-order valence-corrected chi connectivity index (χ2v) is 6.42. The summed E-state index contributed by atoms with van der Waals surface area (Å²) in [5, 5.41) is 12.9. The monoisotopic (exact) mass is 269 g/mol. The lowest BCUT2D eigenvalue weighted by molar-refractivity contribution is -0.151. The summed E-state index contributed by atoms with van der Waals surface area (Å²) in [7, 11) is 0. The molecule has 19 heavy (non-hydrogen) atoms. The van der Waals surface area contributed by atoms with Crippen molar-refractivity contribution in [3.63, 3.8) is 0 Å². The number of hydrogen-bond acceptors (Lipinski definition) is 3. The molecule has 2 aliphatic carbocycles. The Morgan fingerprint density at radius 1 is 1.26 bits per heavy atom. The molecule has 2 fully saturated rings. The molecule has 2 saturated carbocycles. The van der Waals surface area contributed by atoms with Gasteiger partial charge in [-0.3, -0.25) is 10.1 Å². The zero-order valence-electron chi connectivity index (χ0n) is 12.2. The number of rotatable bonds is 7. The van der Waals surface area contributed by atoms with Crippen molar-refractivity contribution in [1.82, 2.24) is 5.32 Å². The summed E-state index contributed by atoms with van der Waals surface area (Å²) >= 11 is 0. The maximum absolute atomic E-state index is 11.8. The van der Waals surface area contributed by atoms with E-state index in [4.69, 9.17) is 4.74 Å². The molecule has 110 valence electrons. The van der Waals surface area contributed by atoms with Gasteiger partial charge < -0.3 is 9.84 Å². The normalized spacial score (nSPS) is 24.4. The number of carboxylic acid groups (broad SMARTS) is 1. The number of aliphatic carboxylic acids is 1. The van der Waals surface area contributed by atoms with E-state index in [1.807, 2.05) is 13.8 Å². The predicted molar refractivity (Wildman–Crippen MR) is 74.2 cm³/mol. The van der Waals surface area contributed by atoms with Crippen LogP contribution in [0.3, 0.4) is 0 Å². The first-order valence-electron chi connectivity index (χ1n) is 7.67. The fraction of sp³-hybridized carbons (Fsp3) is 0.933. The largest absolute Gasteiger partial charge is 0.480 e. The predicted octanol–water partition coefficient (Wildman–Crippen LogP) is 2.57. The second-order valence-electron chi connectivity index (χ2n) is 6.42. The molecule has 0 heterocycles. The van der Waals surface area contributed by atoms with Crippen LogP contribution in [0.15, 0.2) is 0 Å². The van der Waals surface area contributed by atoms with Crippen molar-refractivity contribution in [1.29, 1.82) is 0 Å². The Morgan fingerprint density at radius 3 is 2.37 bits per heavy atom. The molecule has 0 spiro atoms. The van der Waals surface area contributed by atoms with E-state index in [1.165, 1.54) is 19.3 Å². The van der Waals surface area contributed by atoms with Crippen molar-refractivity contribution >= 4 is 5.97 Å². The molecular formula is C15H27NO3. The zero-order chi connectivity index (χ0) is 13.9. The molecule has 1 atom stereocenters. The van der Waals surface area contributed by atoms with Gasteiger partial charge in [-0.05, 0) is 45.4 Å². The third kappa shape index (κ3) is 3.69. The number of nitrogens with one attached hydrogen (secondary N) is 1. The standard InChI is InChI=1S/C15H27NO3/c1-11(2)16-15(14(17)18,12-8-9-12)10-19-13-6-4-3-5-7-13/h11-13,16H,3-10H2,1-2H3,(H,17,18). The van der Waals surface area contributed by atoms with Crippen LogP contribution in [0.1, 0.15) is 58.8 Å². The summed E-state index contributed by atoms with van der Waals surface area (Å²) in [6.07, 6.45) is 8.15. The van der Waals surface area contributed by atoms with Gasteiger partial charge in [0.05, 0.1) is 12.7 Å². The van der Waals surface area contributed by atoms with Crippen LogP contribution in [0.4, 0.5) is 0 Å². The van der Waals surface area contributed by atoms with E-state index in [2.05, 4.69) is 5.32 Å². The Hall–Kier alpha value is -0.610. The third-order valence-electron chi connectivity index (χ3n) is 4.30. The highest BCUT2D eigenvalue weighted by Gasteiger charge is 2.52. The van der Waals surface area contributed by atoms with Gasteiger partial charge in [-0.15, -0.1) is 0 Å². The van der Waals surface area contributed by atoms with E-state index in [-0.39, 0.29) is 18.1 Å². The van der Waals surface area contributed by atoms with Gasteiger partial charge in [-0.2, -0.15) is 0 Å². The highest BCUT2D eigenvalue weighted by Crippen LogP contribution is 2.41. The lowest BCUT2D eigenvalue weighted by Gasteiger charge is -2.34. The average Bonchev–Trinajstić information content (AvgIpc) is 3.19. The number of carbonyl (C=O) groups is 1. The Balaban J connectivity index is 1.97. The number of ether oxygens (including phenoxy) is 1. The smallest absolute Gasteiger partial charge is 0.326 e. The molecule has 0 bridgehead atoms. The van der Waals surface area contributed by atoms with Crippen molar-refractivity contribution in [2.24, 2.45) is 5.92 Å². The fourth-order valence-corrected chi connectivity index (χ4v) is 3.15. The Kier molecular flexibility index (Phi) is 4.85. The van der Waals surface area contributed by atoms with Gasteiger partial charge in [0.25, 0.3) is 0 Å². The van der Waals surface area contributed by atoms with Crippen LogP contribution in [0.5, 0.6) is 0 Å². The summed E-state index contributed by atoms with van der Waals surface area (Å²) in [4.78, 5) is 11.8. The van der Waals surface area contributed by atoms with Crippen LogP contribution in [-0.2, 0) is 9.53 Å². The van der Waals surface area contributed by atoms with Crippen LogP contribution in [0.25, 0.3) is 0 Å². The van der Waals surface area contributed by atoms with Crippen molar-refractivity contribution in [2.75, 3.05) is 6.61 Å². The summed E-state index contributed by atoms with van der Waals surface area (Å²) in [6, 6.07) is 0.159. The third-order valence-corrected chi connectivity index (χ3v) is 4.30. The van der Waals surface area contributed by atoms with Crippen LogP contribution < -0.4 is 5.32 Å². The number of carboxylic acids is 1. The fourth-order valence-electron chi connectivity index (χ4n) is 3.15. The minimum absolute atomic E-state index is 0.159. The lowest BCUT2D eigenvalue weighted by Crippen LogP contribution is -2.60. The van der Waals surface area contributed by atoms with Gasteiger partial charge in [-0.25, -0.2) is 0 Å². The van der Waals surface area contributed by atoms with Crippen molar-refractivity contribution < 1.29 is 14.6 Å². The quantitative estimate of drug-likeness (QED) is 0.746. The Labute approximate surface area is 115 Å². The molecule has 4 heteroatoms. The summed E-state index contributed by atoms with van der Waals surface area (Å²) in [5.41, 5.74) is -0.869. The second kappa shape index (κ2) is 6.23. The van der Waals surface area contributed by atoms with E-state index in [0.717, 1.165) is 25.7 Å². The minimum atomic E-state index is -0.869. The first-order valence-corrected chi connectivity index (χ1v) is 7.67. The molecule has 0 amide bonds. The topological polar surface area (TPSA) is 58.6 Å². The Morgan fingerprint density at radius 2 is 1.89 bits per heavy atom. The molecular weight excluding hydrogens is 242 g/mol. The van der Waals surface area contributed by atoms with Crippen LogP contribution in [0, 0.1) is 5.92 Å². The van der Waals surface area contributed by atoms with Gasteiger partial charge in [-0.1, -0.05) is 19.3 Å². The summed E-state index contributed by atoms with van der Waals surface area (Å²) in [5.74, 6) is -0.518. The van der Waals surface area contributed by atoms with Crippen LogP contribution in [-0.4, -0.2) is 35.4 Å². The van der Waals surface area contributed by atoms with E-state index < -0.39 is 11.5 Å². The molecule has 0 radical (unpaired) electrons. The van der Waals surface area contributed by atoms with Crippen LogP contribution >= 0.6 is 0 Å². The first-order chi connectivity index (χ1) is 9.04. The molecule has 1 unspecified atom stereocenters. The lowest BCUT2D eigenvalue weighted by atomic mass is 9.92. The molecule has 4 nitrogen and oxygen atoms in total. The molecule has 2 rings (SSSR count). The molecule has 0 aliphatic heterocycles. The Bertz CT molecular complexity index is 309. The van der Waals surface area contributed by atoms with Crippen molar-refractivity contribution in [3.8, 4) is 0 Å². The van der Waals surface area contributed by atoms with E-state index in [1.54, 1.807) is 0 Å².